The average Bonchev–Trinajstić information content (AvgIpc) is 2.98. The number of carboxylic acid groups (broad SMARTS) is 2. The van der Waals surface area contributed by atoms with Crippen molar-refractivity contribution >= 4 is 35.1 Å². The van der Waals surface area contributed by atoms with E-state index in [1.807, 2.05) is 13.8 Å². The normalized spacial score (nSPS) is 13.5. The van der Waals surface area contributed by atoms with Crippen LogP contribution >= 0.6 is 23.2 Å². The Bertz CT molecular complexity index is 818. The second kappa shape index (κ2) is 9.91. The van der Waals surface area contributed by atoms with Gasteiger partial charge in [0.25, 0.3) is 0 Å². The lowest BCUT2D eigenvalue weighted by atomic mass is 10.0. The molecule has 0 aliphatic heterocycles. The van der Waals surface area contributed by atoms with Crippen molar-refractivity contribution in [2.24, 2.45) is 5.92 Å². The van der Waals surface area contributed by atoms with E-state index in [1.54, 1.807) is 35.1 Å². The van der Waals surface area contributed by atoms with Gasteiger partial charge < -0.3 is 10.2 Å². The zero-order chi connectivity index (χ0) is 20.8. The Morgan fingerprint density at radius 3 is 2.25 bits per heavy atom. The summed E-state index contributed by atoms with van der Waals surface area (Å²) in [6.45, 7) is 4.20. The molecule has 0 unspecified atom stereocenters. The average molecular weight is 428 g/mol. The predicted octanol–water partition coefficient (Wildman–Crippen LogP) is 3.32. The van der Waals surface area contributed by atoms with Crippen LogP contribution < -0.4 is 5.32 Å². The third kappa shape index (κ3) is 6.82. The van der Waals surface area contributed by atoms with Gasteiger partial charge in [-0.2, -0.15) is 5.10 Å². The van der Waals surface area contributed by atoms with E-state index < -0.39 is 24.0 Å². The van der Waals surface area contributed by atoms with Gasteiger partial charge in [-0.3, -0.25) is 19.6 Å². The number of aromatic nitrogens is 2. The number of aliphatic carboxylic acids is 2. The third-order valence-corrected chi connectivity index (χ3v) is 4.52. The number of hydrogen-bond acceptors (Lipinski definition) is 4. The van der Waals surface area contributed by atoms with Gasteiger partial charge in [0, 0.05) is 22.7 Å². The maximum Gasteiger partial charge on any atom is 0.321 e. The molecule has 0 radical (unpaired) electrons. The van der Waals surface area contributed by atoms with E-state index in [0.717, 1.165) is 5.56 Å². The molecule has 3 N–H and O–H groups in total. The highest BCUT2D eigenvalue weighted by atomic mass is 35.5. The molecule has 2 rings (SSSR count). The van der Waals surface area contributed by atoms with Crippen LogP contribution in [0.5, 0.6) is 0 Å². The molecule has 2 atom stereocenters. The van der Waals surface area contributed by atoms with Crippen molar-refractivity contribution in [3.05, 3.63) is 51.8 Å². The number of nitrogens with one attached hydrogen (secondary N) is 1. The summed E-state index contributed by atoms with van der Waals surface area (Å²) in [5.41, 5.74) is 1.41. The predicted molar refractivity (Wildman–Crippen MR) is 107 cm³/mol. The van der Waals surface area contributed by atoms with Gasteiger partial charge in [-0.05, 0) is 42.2 Å². The smallest absolute Gasteiger partial charge is 0.321 e. The molecule has 0 aliphatic carbocycles. The Labute approximate surface area is 173 Å². The molecular weight excluding hydrogens is 405 g/mol. The van der Waals surface area contributed by atoms with Crippen LogP contribution in [0.25, 0.3) is 0 Å². The third-order valence-electron chi connectivity index (χ3n) is 4.08. The van der Waals surface area contributed by atoms with E-state index in [-0.39, 0.29) is 12.3 Å². The number of benzene rings is 1. The van der Waals surface area contributed by atoms with Crippen LogP contribution in [0.3, 0.4) is 0 Å². The summed E-state index contributed by atoms with van der Waals surface area (Å²) in [7, 11) is 0. The number of carboxylic acids is 2. The van der Waals surface area contributed by atoms with Crippen molar-refractivity contribution in [2.45, 2.75) is 45.3 Å². The Morgan fingerprint density at radius 2 is 1.71 bits per heavy atom. The highest BCUT2D eigenvalue weighted by Gasteiger charge is 2.27. The molecule has 0 spiro atoms. The van der Waals surface area contributed by atoms with Gasteiger partial charge in [0.2, 0.25) is 0 Å². The molecule has 1 aromatic heterocycles. The van der Waals surface area contributed by atoms with Crippen molar-refractivity contribution in [3.8, 4) is 0 Å². The molecule has 2 aromatic rings. The van der Waals surface area contributed by atoms with E-state index in [1.165, 1.54) is 0 Å². The second-order valence-electron chi connectivity index (χ2n) is 7.06. The van der Waals surface area contributed by atoms with Gasteiger partial charge in [0.15, 0.2) is 0 Å². The quantitative estimate of drug-likeness (QED) is 0.536. The Balaban J connectivity index is 2.07. The van der Waals surface area contributed by atoms with Gasteiger partial charge >= 0.3 is 11.9 Å². The first-order chi connectivity index (χ1) is 13.1. The molecule has 28 heavy (non-hydrogen) atoms. The lowest BCUT2D eigenvalue weighted by molar-refractivity contribution is -0.142. The SMILES string of the molecule is CC(C)C[C@H](N[C@@H](Cc1ccn(Cc2cc(Cl)cc(Cl)c2)n1)C(=O)O)C(=O)O. The lowest BCUT2D eigenvalue weighted by Gasteiger charge is -2.21. The maximum absolute atomic E-state index is 11.6. The first-order valence-electron chi connectivity index (χ1n) is 8.83. The van der Waals surface area contributed by atoms with Crippen LogP contribution in [-0.4, -0.2) is 44.0 Å². The Morgan fingerprint density at radius 1 is 1.11 bits per heavy atom. The first kappa shape index (κ1) is 22.2. The summed E-state index contributed by atoms with van der Waals surface area (Å²) in [5.74, 6) is -2.07. The minimum atomic E-state index is -1.12. The molecule has 1 heterocycles. The van der Waals surface area contributed by atoms with Crippen molar-refractivity contribution in [1.29, 1.82) is 0 Å². The molecule has 0 amide bonds. The minimum absolute atomic E-state index is 0.0700. The standard InChI is InChI=1S/C19H23Cl2N3O4/c1-11(2)5-16(18(25)26)22-17(19(27)28)9-15-3-4-24(23-15)10-12-6-13(20)8-14(21)7-12/h3-4,6-8,11,16-17,22H,5,9-10H2,1-2H3,(H,25,26)(H,27,28)/t16-,17-/m0/s1. The fraction of sp³-hybridized carbons (Fsp3) is 0.421. The van der Waals surface area contributed by atoms with Crippen molar-refractivity contribution in [1.82, 2.24) is 15.1 Å². The van der Waals surface area contributed by atoms with E-state index in [0.29, 0.717) is 28.7 Å². The lowest BCUT2D eigenvalue weighted by Crippen LogP contribution is -2.48. The van der Waals surface area contributed by atoms with Crippen molar-refractivity contribution < 1.29 is 19.8 Å². The van der Waals surface area contributed by atoms with Gasteiger partial charge in [0.1, 0.15) is 12.1 Å². The largest absolute Gasteiger partial charge is 0.480 e. The highest BCUT2D eigenvalue weighted by Crippen LogP contribution is 2.19. The van der Waals surface area contributed by atoms with Gasteiger partial charge in [-0.25, -0.2) is 0 Å². The summed E-state index contributed by atoms with van der Waals surface area (Å²) in [4.78, 5) is 23.0. The highest BCUT2D eigenvalue weighted by molar-refractivity contribution is 6.34. The van der Waals surface area contributed by atoms with E-state index in [2.05, 4.69) is 10.4 Å². The molecular formula is C19H23Cl2N3O4. The number of carbonyl (C=O) groups is 2. The van der Waals surface area contributed by atoms with Gasteiger partial charge in [0.05, 0.1) is 12.2 Å². The molecule has 0 saturated carbocycles. The molecule has 9 heteroatoms. The van der Waals surface area contributed by atoms with Crippen molar-refractivity contribution in [2.75, 3.05) is 0 Å². The first-order valence-corrected chi connectivity index (χ1v) is 9.58. The van der Waals surface area contributed by atoms with Crippen LogP contribution in [0.4, 0.5) is 0 Å². The van der Waals surface area contributed by atoms with E-state index in [9.17, 15) is 19.8 Å². The fourth-order valence-electron chi connectivity index (χ4n) is 2.87. The summed E-state index contributed by atoms with van der Waals surface area (Å²) in [6.07, 6.45) is 2.13. The Kier molecular flexibility index (Phi) is 7.86. The summed E-state index contributed by atoms with van der Waals surface area (Å²) in [6, 6.07) is 4.92. The summed E-state index contributed by atoms with van der Waals surface area (Å²) < 4.78 is 1.65. The summed E-state index contributed by atoms with van der Waals surface area (Å²) in [5, 5.41) is 27.0. The number of rotatable bonds is 10. The minimum Gasteiger partial charge on any atom is -0.480 e. The molecule has 7 nitrogen and oxygen atoms in total. The van der Waals surface area contributed by atoms with Crippen LogP contribution in [0.15, 0.2) is 30.5 Å². The van der Waals surface area contributed by atoms with Gasteiger partial charge in [-0.15, -0.1) is 0 Å². The second-order valence-corrected chi connectivity index (χ2v) is 7.94. The van der Waals surface area contributed by atoms with Crippen LogP contribution in [0.2, 0.25) is 10.0 Å². The molecule has 0 aliphatic rings. The topological polar surface area (TPSA) is 104 Å². The van der Waals surface area contributed by atoms with Gasteiger partial charge in [-0.1, -0.05) is 37.0 Å². The molecule has 0 fully saturated rings. The fourth-order valence-corrected chi connectivity index (χ4v) is 3.44. The number of halogens is 2. The van der Waals surface area contributed by atoms with E-state index in [4.69, 9.17) is 23.2 Å². The molecule has 0 saturated heterocycles. The zero-order valence-electron chi connectivity index (χ0n) is 15.6. The van der Waals surface area contributed by atoms with Crippen LogP contribution in [-0.2, 0) is 22.6 Å². The number of nitrogens with zero attached hydrogens (tertiary/aromatic N) is 2. The summed E-state index contributed by atoms with van der Waals surface area (Å²) >= 11 is 12.0. The van der Waals surface area contributed by atoms with Crippen LogP contribution in [0, 0.1) is 5.92 Å². The molecule has 152 valence electrons. The Hall–Kier alpha value is -2.09. The van der Waals surface area contributed by atoms with Crippen molar-refractivity contribution in [3.63, 3.8) is 0 Å². The molecule has 1 aromatic carbocycles. The monoisotopic (exact) mass is 427 g/mol. The maximum atomic E-state index is 11.6. The zero-order valence-corrected chi connectivity index (χ0v) is 17.1. The molecule has 0 bridgehead atoms. The van der Waals surface area contributed by atoms with Crippen LogP contribution in [0.1, 0.15) is 31.5 Å². The van der Waals surface area contributed by atoms with E-state index >= 15 is 0 Å². The number of hydrogen-bond donors (Lipinski definition) is 3.